The van der Waals surface area contributed by atoms with Crippen molar-refractivity contribution < 1.29 is 27.5 Å². The van der Waals surface area contributed by atoms with Crippen LogP contribution in [0.5, 0.6) is 5.75 Å². The van der Waals surface area contributed by atoms with Crippen molar-refractivity contribution in [2.45, 2.75) is 57.1 Å². The number of esters is 1. The number of nitrogens with one attached hydrogen (secondary N) is 2. The molecule has 9 heteroatoms. The van der Waals surface area contributed by atoms with Gasteiger partial charge in [-0.1, -0.05) is 43.7 Å². The van der Waals surface area contributed by atoms with E-state index in [-0.39, 0.29) is 23.9 Å². The molecule has 2 unspecified atom stereocenters. The Kier molecular flexibility index (Phi) is 10.3. The third-order valence-electron chi connectivity index (χ3n) is 4.84. The smallest absolute Gasteiger partial charge is 0.307 e. The largest absolute Gasteiger partial charge is 0.494 e. The maximum atomic E-state index is 12.5. The Labute approximate surface area is 195 Å². The summed E-state index contributed by atoms with van der Waals surface area (Å²) in [7, 11) is -3.78. The number of hydrogen-bond acceptors (Lipinski definition) is 6. The van der Waals surface area contributed by atoms with Crippen molar-refractivity contribution in [2.75, 3.05) is 13.2 Å². The molecule has 0 radical (unpaired) electrons. The van der Waals surface area contributed by atoms with Crippen LogP contribution in [0.2, 0.25) is 0 Å². The van der Waals surface area contributed by atoms with Gasteiger partial charge in [-0.05, 0) is 50.1 Å². The number of rotatable bonds is 13. The second-order valence-electron chi connectivity index (χ2n) is 7.44. The molecular weight excluding hydrogens is 444 g/mol. The summed E-state index contributed by atoms with van der Waals surface area (Å²) in [5.74, 6) is -0.500. The summed E-state index contributed by atoms with van der Waals surface area (Å²) in [5.41, 5.74) is 0.981. The zero-order chi connectivity index (χ0) is 24.3. The van der Waals surface area contributed by atoms with Crippen LogP contribution in [0.1, 0.15) is 51.6 Å². The third-order valence-corrected chi connectivity index (χ3v) is 6.32. The zero-order valence-corrected chi connectivity index (χ0v) is 20.1. The molecule has 2 atom stereocenters. The van der Waals surface area contributed by atoms with E-state index < -0.39 is 28.0 Å². The van der Waals surface area contributed by atoms with Gasteiger partial charge in [-0.15, -0.1) is 0 Å². The van der Waals surface area contributed by atoms with Gasteiger partial charge in [-0.2, -0.15) is 0 Å². The lowest BCUT2D eigenvalue weighted by Gasteiger charge is -2.21. The normalized spacial score (nSPS) is 13.1. The molecule has 8 nitrogen and oxygen atoms in total. The molecule has 0 saturated carbocycles. The lowest BCUT2D eigenvalue weighted by atomic mass is 10.0. The average molecular weight is 477 g/mol. The number of hydrogen-bond donors (Lipinski definition) is 2. The van der Waals surface area contributed by atoms with Crippen molar-refractivity contribution in [2.24, 2.45) is 0 Å². The molecule has 1 amide bonds. The van der Waals surface area contributed by atoms with Gasteiger partial charge in [-0.3, -0.25) is 9.59 Å². The maximum absolute atomic E-state index is 12.5. The fourth-order valence-corrected chi connectivity index (χ4v) is 4.18. The summed E-state index contributed by atoms with van der Waals surface area (Å²) < 4.78 is 37.6. The first-order chi connectivity index (χ1) is 15.8. The SMILES string of the molecule is CCCC(NC(=O)C(C)OC(=O)CCNS(=O)(=O)c1ccc(OCC)cc1)c1ccccc1. The second-order valence-corrected chi connectivity index (χ2v) is 9.21. The number of carbonyl (C=O) groups is 2. The van der Waals surface area contributed by atoms with Crippen LogP contribution in [-0.2, 0) is 24.3 Å². The predicted octanol–water partition coefficient (Wildman–Crippen LogP) is 3.34. The maximum Gasteiger partial charge on any atom is 0.307 e. The Bertz CT molecular complexity index is 993. The monoisotopic (exact) mass is 476 g/mol. The molecule has 2 aromatic rings. The highest BCUT2D eigenvalue weighted by Gasteiger charge is 2.22. The highest BCUT2D eigenvalue weighted by Crippen LogP contribution is 2.19. The summed E-state index contributed by atoms with van der Waals surface area (Å²) in [6, 6.07) is 15.4. The van der Waals surface area contributed by atoms with Crippen LogP contribution in [-0.4, -0.2) is 39.5 Å². The van der Waals surface area contributed by atoms with E-state index in [4.69, 9.17) is 9.47 Å². The van der Waals surface area contributed by atoms with Crippen LogP contribution in [0.4, 0.5) is 0 Å². The van der Waals surface area contributed by atoms with Gasteiger partial charge in [0.05, 0.1) is 24.0 Å². The fraction of sp³-hybridized carbons (Fsp3) is 0.417. The van der Waals surface area contributed by atoms with Crippen LogP contribution in [0, 0.1) is 0 Å². The van der Waals surface area contributed by atoms with Crippen LogP contribution in [0.3, 0.4) is 0 Å². The first-order valence-electron chi connectivity index (χ1n) is 11.0. The molecule has 0 aliphatic rings. The number of carbonyl (C=O) groups excluding carboxylic acids is 2. The molecular formula is C24H32N2O6S. The first kappa shape index (κ1) is 26.3. The van der Waals surface area contributed by atoms with Crippen molar-refractivity contribution in [1.29, 1.82) is 0 Å². The molecule has 0 aliphatic carbocycles. The van der Waals surface area contributed by atoms with Crippen LogP contribution < -0.4 is 14.8 Å². The number of sulfonamides is 1. The molecule has 2 rings (SSSR count). The van der Waals surface area contributed by atoms with Crippen molar-refractivity contribution in [3.63, 3.8) is 0 Å². The number of amides is 1. The molecule has 0 aliphatic heterocycles. The second kappa shape index (κ2) is 13.0. The molecule has 2 aromatic carbocycles. The summed E-state index contributed by atoms with van der Waals surface area (Å²) in [6.07, 6.45) is 0.431. The van der Waals surface area contributed by atoms with Crippen molar-refractivity contribution in [3.8, 4) is 5.75 Å². The number of benzene rings is 2. The number of ether oxygens (including phenoxy) is 2. The van der Waals surface area contributed by atoms with Gasteiger partial charge < -0.3 is 14.8 Å². The minimum absolute atomic E-state index is 0.0648. The van der Waals surface area contributed by atoms with E-state index in [1.54, 1.807) is 12.1 Å². The van der Waals surface area contributed by atoms with Crippen LogP contribution >= 0.6 is 0 Å². The van der Waals surface area contributed by atoms with E-state index in [0.29, 0.717) is 12.4 Å². The van der Waals surface area contributed by atoms with Crippen molar-refractivity contribution in [3.05, 3.63) is 60.2 Å². The summed E-state index contributed by atoms with van der Waals surface area (Å²) in [6.45, 7) is 5.69. The Morgan fingerprint density at radius 3 is 2.27 bits per heavy atom. The highest BCUT2D eigenvalue weighted by atomic mass is 32.2. The van der Waals surface area contributed by atoms with Gasteiger partial charge >= 0.3 is 5.97 Å². The van der Waals surface area contributed by atoms with Gasteiger partial charge in [0.1, 0.15) is 5.75 Å². The quantitative estimate of drug-likeness (QED) is 0.429. The first-order valence-corrected chi connectivity index (χ1v) is 12.5. The Morgan fingerprint density at radius 1 is 1.00 bits per heavy atom. The van der Waals surface area contributed by atoms with Gasteiger partial charge in [0.2, 0.25) is 10.0 Å². The molecule has 0 spiro atoms. The zero-order valence-electron chi connectivity index (χ0n) is 19.2. The summed E-state index contributed by atoms with van der Waals surface area (Å²) in [5, 5.41) is 2.92. The Hall–Kier alpha value is -2.91. The topological polar surface area (TPSA) is 111 Å². The predicted molar refractivity (Wildman–Crippen MR) is 125 cm³/mol. The van der Waals surface area contributed by atoms with E-state index in [1.807, 2.05) is 44.2 Å². The average Bonchev–Trinajstić information content (AvgIpc) is 2.79. The molecule has 0 fully saturated rings. The summed E-state index contributed by atoms with van der Waals surface area (Å²) in [4.78, 5) is 24.7. The third kappa shape index (κ3) is 8.51. The van der Waals surface area contributed by atoms with Gasteiger partial charge in [0.15, 0.2) is 6.10 Å². The van der Waals surface area contributed by atoms with Gasteiger partial charge in [0, 0.05) is 6.54 Å². The molecule has 180 valence electrons. The molecule has 33 heavy (non-hydrogen) atoms. The van der Waals surface area contributed by atoms with E-state index in [1.165, 1.54) is 19.1 Å². The summed E-state index contributed by atoms with van der Waals surface area (Å²) >= 11 is 0. The Balaban J connectivity index is 1.82. The molecule has 0 aromatic heterocycles. The van der Waals surface area contributed by atoms with E-state index in [9.17, 15) is 18.0 Å². The van der Waals surface area contributed by atoms with Crippen LogP contribution in [0.15, 0.2) is 59.5 Å². The highest BCUT2D eigenvalue weighted by molar-refractivity contribution is 7.89. The van der Waals surface area contributed by atoms with Crippen molar-refractivity contribution >= 4 is 21.9 Å². The van der Waals surface area contributed by atoms with E-state index in [0.717, 1.165) is 18.4 Å². The van der Waals surface area contributed by atoms with Crippen molar-refractivity contribution in [1.82, 2.24) is 10.0 Å². The molecule has 0 heterocycles. The standard InChI is InChI=1S/C24H32N2O6S/c1-4-9-22(19-10-7-6-8-11-19)26-24(28)18(3)32-23(27)16-17-25-33(29,30)21-14-12-20(13-15-21)31-5-2/h6-8,10-15,18,22,25H,4-5,9,16-17H2,1-3H3,(H,26,28). The van der Waals surface area contributed by atoms with E-state index in [2.05, 4.69) is 10.0 Å². The minimum atomic E-state index is -3.78. The van der Waals surface area contributed by atoms with Crippen LogP contribution in [0.25, 0.3) is 0 Å². The lowest BCUT2D eigenvalue weighted by Crippen LogP contribution is -2.38. The molecule has 0 saturated heterocycles. The fourth-order valence-electron chi connectivity index (χ4n) is 3.15. The van der Waals surface area contributed by atoms with Gasteiger partial charge in [-0.25, -0.2) is 13.1 Å². The minimum Gasteiger partial charge on any atom is -0.494 e. The van der Waals surface area contributed by atoms with Gasteiger partial charge in [0.25, 0.3) is 5.91 Å². The lowest BCUT2D eigenvalue weighted by molar-refractivity contribution is -0.154. The molecule has 2 N–H and O–H groups in total. The molecule has 0 bridgehead atoms. The van der Waals surface area contributed by atoms with E-state index >= 15 is 0 Å². The Morgan fingerprint density at radius 2 is 1.67 bits per heavy atom.